The quantitative estimate of drug-likeness (QED) is 0.735. The molecule has 0 spiro atoms. The number of halogens is 1. The summed E-state index contributed by atoms with van der Waals surface area (Å²) in [5.74, 6) is -0.344. The van der Waals surface area contributed by atoms with Crippen LogP contribution in [0.2, 0.25) is 5.02 Å². The van der Waals surface area contributed by atoms with Crippen LogP contribution in [0, 0.1) is 17.2 Å². The molecular weight excluding hydrogens is 400 g/mol. The van der Waals surface area contributed by atoms with Gasteiger partial charge in [0.2, 0.25) is 0 Å². The number of hydrogen-bond donors (Lipinski definition) is 1. The molecule has 28 heavy (non-hydrogen) atoms. The summed E-state index contributed by atoms with van der Waals surface area (Å²) in [5.41, 5.74) is 1.69. The van der Waals surface area contributed by atoms with Gasteiger partial charge in [-0.3, -0.25) is 4.79 Å². The number of nitriles is 1. The van der Waals surface area contributed by atoms with Gasteiger partial charge in [-0.05, 0) is 48.9 Å². The topological polar surface area (TPSA) is 88.4 Å². The summed E-state index contributed by atoms with van der Waals surface area (Å²) >= 11 is 7.33. The van der Waals surface area contributed by atoms with Crippen molar-refractivity contribution in [3.8, 4) is 11.8 Å². The molecule has 1 aromatic heterocycles. The number of amides is 1. The van der Waals surface area contributed by atoms with E-state index < -0.39 is 18.5 Å². The van der Waals surface area contributed by atoms with Crippen LogP contribution < -0.4 is 10.1 Å². The van der Waals surface area contributed by atoms with E-state index in [1.165, 1.54) is 24.5 Å². The Balaban J connectivity index is 1.66. The number of rotatable bonds is 5. The first-order chi connectivity index (χ1) is 13.4. The van der Waals surface area contributed by atoms with Crippen molar-refractivity contribution in [3.63, 3.8) is 0 Å². The van der Waals surface area contributed by atoms with E-state index in [9.17, 15) is 14.9 Å². The predicted molar refractivity (Wildman–Crippen MR) is 107 cm³/mol. The molecule has 1 atom stereocenters. The molecular formula is C20H19ClN2O4S. The maximum atomic E-state index is 12.3. The Labute approximate surface area is 172 Å². The first kappa shape index (κ1) is 20.2. The fraction of sp³-hybridized carbons (Fsp3) is 0.350. The number of methoxy groups -OCH3 is 1. The van der Waals surface area contributed by atoms with E-state index in [-0.39, 0.29) is 5.56 Å². The van der Waals surface area contributed by atoms with Gasteiger partial charge in [0.15, 0.2) is 6.61 Å². The van der Waals surface area contributed by atoms with Gasteiger partial charge in [0.1, 0.15) is 22.4 Å². The maximum absolute atomic E-state index is 12.3. The standard InChI is InChI=1S/C20H19ClN2O4S/c1-11-3-5-13-15(9-22)19(28-17(13)7-11)23-18(24)10-27-20(25)14-8-12(21)4-6-16(14)26-2/h4,6,8,11H,3,5,7,10H2,1-2H3,(H,23,24)/t11-/m0/s1. The number of esters is 1. The molecule has 1 amide bonds. The fourth-order valence-corrected chi connectivity index (χ4v) is 4.72. The van der Waals surface area contributed by atoms with Crippen molar-refractivity contribution in [2.75, 3.05) is 19.0 Å². The van der Waals surface area contributed by atoms with Gasteiger partial charge in [-0.15, -0.1) is 11.3 Å². The monoisotopic (exact) mass is 418 g/mol. The van der Waals surface area contributed by atoms with E-state index >= 15 is 0 Å². The summed E-state index contributed by atoms with van der Waals surface area (Å²) in [4.78, 5) is 25.7. The molecule has 2 aromatic rings. The Morgan fingerprint density at radius 1 is 1.43 bits per heavy atom. The van der Waals surface area contributed by atoms with Crippen LogP contribution in [0.1, 0.15) is 39.7 Å². The van der Waals surface area contributed by atoms with E-state index in [1.807, 2.05) is 0 Å². The van der Waals surface area contributed by atoms with E-state index in [4.69, 9.17) is 21.1 Å². The molecule has 1 aromatic carbocycles. The molecule has 0 saturated heterocycles. The average molecular weight is 419 g/mol. The number of hydrogen-bond acceptors (Lipinski definition) is 6. The molecule has 1 heterocycles. The third-order valence-electron chi connectivity index (χ3n) is 4.59. The highest BCUT2D eigenvalue weighted by molar-refractivity contribution is 7.16. The summed E-state index contributed by atoms with van der Waals surface area (Å²) in [6.07, 6.45) is 2.79. The highest BCUT2D eigenvalue weighted by atomic mass is 35.5. The van der Waals surface area contributed by atoms with Crippen molar-refractivity contribution in [1.29, 1.82) is 5.26 Å². The lowest BCUT2D eigenvalue weighted by Crippen LogP contribution is -2.21. The largest absolute Gasteiger partial charge is 0.496 e. The smallest absolute Gasteiger partial charge is 0.342 e. The number of ether oxygens (including phenoxy) is 2. The Bertz CT molecular complexity index is 964. The summed E-state index contributed by atoms with van der Waals surface area (Å²) in [5, 5.41) is 13.1. The highest BCUT2D eigenvalue weighted by Crippen LogP contribution is 2.39. The first-order valence-corrected chi connectivity index (χ1v) is 9.97. The summed E-state index contributed by atoms with van der Waals surface area (Å²) in [6.45, 7) is 1.70. The number of carbonyl (C=O) groups is 2. The van der Waals surface area contributed by atoms with E-state index in [1.54, 1.807) is 12.1 Å². The molecule has 0 radical (unpaired) electrons. The normalized spacial score (nSPS) is 15.3. The first-order valence-electron chi connectivity index (χ1n) is 8.78. The van der Waals surface area contributed by atoms with E-state index in [2.05, 4.69) is 18.3 Å². The lowest BCUT2D eigenvalue weighted by molar-refractivity contribution is -0.119. The minimum Gasteiger partial charge on any atom is -0.496 e. The number of nitrogens with one attached hydrogen (secondary N) is 1. The second kappa shape index (κ2) is 8.63. The van der Waals surface area contributed by atoms with E-state index in [0.29, 0.717) is 27.3 Å². The predicted octanol–water partition coefficient (Wildman–Crippen LogP) is 4.20. The van der Waals surface area contributed by atoms with Crippen LogP contribution in [0.25, 0.3) is 0 Å². The lowest BCUT2D eigenvalue weighted by atomic mass is 9.89. The van der Waals surface area contributed by atoms with Gasteiger partial charge in [-0.1, -0.05) is 18.5 Å². The van der Waals surface area contributed by atoms with E-state index in [0.717, 1.165) is 29.7 Å². The third kappa shape index (κ3) is 4.29. The van der Waals surface area contributed by atoms with Gasteiger partial charge in [0, 0.05) is 9.90 Å². The van der Waals surface area contributed by atoms with Crippen molar-refractivity contribution >= 4 is 39.8 Å². The van der Waals surface area contributed by atoms with Crippen LogP contribution >= 0.6 is 22.9 Å². The molecule has 1 aliphatic carbocycles. The van der Waals surface area contributed by atoms with Crippen LogP contribution in [0.15, 0.2) is 18.2 Å². The lowest BCUT2D eigenvalue weighted by Gasteiger charge is -2.17. The number of nitrogens with zero attached hydrogens (tertiary/aromatic N) is 1. The molecule has 8 heteroatoms. The highest BCUT2D eigenvalue weighted by Gasteiger charge is 2.25. The van der Waals surface area contributed by atoms with Gasteiger partial charge >= 0.3 is 5.97 Å². The molecule has 1 aliphatic rings. The van der Waals surface area contributed by atoms with Gasteiger partial charge in [-0.2, -0.15) is 5.26 Å². The second-order valence-corrected chi connectivity index (χ2v) is 8.18. The van der Waals surface area contributed by atoms with Gasteiger partial charge in [0.05, 0.1) is 12.7 Å². The zero-order valence-corrected chi connectivity index (χ0v) is 17.1. The van der Waals surface area contributed by atoms with Gasteiger partial charge < -0.3 is 14.8 Å². The Hall–Kier alpha value is -2.56. The summed E-state index contributed by atoms with van der Waals surface area (Å²) < 4.78 is 10.2. The summed E-state index contributed by atoms with van der Waals surface area (Å²) in [6, 6.07) is 6.75. The van der Waals surface area contributed by atoms with Crippen molar-refractivity contribution in [2.24, 2.45) is 5.92 Å². The molecule has 146 valence electrons. The molecule has 0 bridgehead atoms. The zero-order valence-electron chi connectivity index (χ0n) is 15.5. The third-order valence-corrected chi connectivity index (χ3v) is 6.00. The van der Waals surface area contributed by atoms with Gasteiger partial charge in [-0.25, -0.2) is 4.79 Å². The zero-order chi connectivity index (χ0) is 20.3. The second-order valence-electron chi connectivity index (χ2n) is 6.64. The Morgan fingerprint density at radius 3 is 2.93 bits per heavy atom. The van der Waals surface area contributed by atoms with Crippen LogP contribution in [-0.2, 0) is 22.4 Å². The van der Waals surface area contributed by atoms with Gasteiger partial charge in [0.25, 0.3) is 5.91 Å². The number of fused-ring (bicyclic) bond motifs is 1. The van der Waals surface area contributed by atoms with Crippen LogP contribution in [0.3, 0.4) is 0 Å². The van der Waals surface area contributed by atoms with Crippen molar-refractivity contribution < 1.29 is 19.1 Å². The average Bonchev–Trinajstić information content (AvgIpc) is 3.01. The molecule has 0 unspecified atom stereocenters. The molecule has 0 saturated carbocycles. The molecule has 1 N–H and O–H groups in total. The number of thiophene rings is 1. The van der Waals surface area contributed by atoms with Crippen LogP contribution in [0.4, 0.5) is 5.00 Å². The van der Waals surface area contributed by atoms with Crippen LogP contribution in [-0.4, -0.2) is 25.6 Å². The maximum Gasteiger partial charge on any atom is 0.342 e. The van der Waals surface area contributed by atoms with Crippen molar-refractivity contribution in [1.82, 2.24) is 0 Å². The Kier molecular flexibility index (Phi) is 6.22. The molecule has 0 fully saturated rings. The Morgan fingerprint density at radius 2 is 2.21 bits per heavy atom. The van der Waals surface area contributed by atoms with Crippen LogP contribution in [0.5, 0.6) is 5.75 Å². The SMILES string of the molecule is COc1ccc(Cl)cc1C(=O)OCC(=O)Nc1sc2c(c1C#N)CC[C@H](C)C2. The number of carbonyl (C=O) groups excluding carboxylic acids is 2. The van der Waals surface area contributed by atoms with Crippen molar-refractivity contribution in [3.05, 3.63) is 44.8 Å². The molecule has 0 aliphatic heterocycles. The fourth-order valence-electron chi connectivity index (χ4n) is 3.17. The van der Waals surface area contributed by atoms with Crippen molar-refractivity contribution in [2.45, 2.75) is 26.2 Å². The number of benzene rings is 1. The molecule has 3 rings (SSSR count). The summed E-state index contributed by atoms with van der Waals surface area (Å²) in [7, 11) is 1.43. The minimum atomic E-state index is -0.714. The molecule has 6 nitrogen and oxygen atoms in total. The number of anilines is 1. The minimum absolute atomic E-state index is 0.140.